The first-order valence-corrected chi connectivity index (χ1v) is 8.88. The van der Waals surface area contributed by atoms with Gasteiger partial charge >= 0.3 is 6.09 Å². The summed E-state index contributed by atoms with van der Waals surface area (Å²) in [5.41, 5.74) is 0.987. The van der Waals surface area contributed by atoms with Crippen LogP contribution < -0.4 is 15.1 Å². The van der Waals surface area contributed by atoms with Gasteiger partial charge in [-0.05, 0) is 30.2 Å². The number of hydrogen-bond acceptors (Lipinski definition) is 5. The summed E-state index contributed by atoms with van der Waals surface area (Å²) in [7, 11) is 0. The molecule has 2 fully saturated rings. The van der Waals surface area contributed by atoms with Gasteiger partial charge in [0, 0.05) is 19.5 Å². The monoisotopic (exact) mass is 390 g/mol. The predicted molar refractivity (Wildman–Crippen MR) is 98.1 cm³/mol. The maximum atomic E-state index is 14.7. The van der Waals surface area contributed by atoms with Crippen molar-refractivity contribution in [1.82, 2.24) is 5.32 Å². The molecule has 28 heavy (non-hydrogen) atoms. The zero-order chi connectivity index (χ0) is 20.3. The molecular formula is C19H20F2N4O3. The van der Waals surface area contributed by atoms with Crippen LogP contribution in [-0.4, -0.2) is 50.5 Å². The van der Waals surface area contributed by atoms with E-state index in [2.05, 4.69) is 5.32 Å². The summed E-state index contributed by atoms with van der Waals surface area (Å²) in [6.45, 7) is 2.10. The molecule has 1 N–H and O–H groups in total. The molecule has 2 aliphatic heterocycles. The van der Waals surface area contributed by atoms with Gasteiger partial charge in [-0.3, -0.25) is 9.69 Å². The van der Waals surface area contributed by atoms with E-state index in [-0.39, 0.29) is 31.2 Å². The highest BCUT2D eigenvalue weighted by Gasteiger charge is 2.33. The molecule has 148 valence electrons. The van der Waals surface area contributed by atoms with Gasteiger partial charge in [0.25, 0.3) is 0 Å². The van der Waals surface area contributed by atoms with Crippen molar-refractivity contribution in [2.75, 3.05) is 36.0 Å². The van der Waals surface area contributed by atoms with Crippen LogP contribution >= 0.6 is 0 Å². The van der Waals surface area contributed by atoms with Gasteiger partial charge in [0.05, 0.1) is 37.1 Å². The fraction of sp³-hybridized carbons (Fsp3) is 0.421. The van der Waals surface area contributed by atoms with Crippen molar-refractivity contribution in [2.24, 2.45) is 0 Å². The number of halogens is 2. The number of ether oxygens (including phenoxy) is 1. The molecule has 0 saturated carbocycles. The Bertz CT molecular complexity index is 852. The maximum absolute atomic E-state index is 14.7. The van der Waals surface area contributed by atoms with Gasteiger partial charge in [-0.15, -0.1) is 0 Å². The van der Waals surface area contributed by atoms with Crippen LogP contribution in [-0.2, 0) is 9.53 Å². The molecule has 2 aliphatic rings. The van der Waals surface area contributed by atoms with Crippen LogP contribution in [0.5, 0.6) is 0 Å². The van der Waals surface area contributed by atoms with Gasteiger partial charge in [0.15, 0.2) is 0 Å². The average molecular weight is 390 g/mol. The highest BCUT2D eigenvalue weighted by Crippen LogP contribution is 2.31. The van der Waals surface area contributed by atoms with E-state index in [1.807, 2.05) is 6.07 Å². The molecular weight excluding hydrogens is 370 g/mol. The second-order valence-corrected chi connectivity index (χ2v) is 6.70. The van der Waals surface area contributed by atoms with Gasteiger partial charge in [-0.25, -0.2) is 13.6 Å². The number of piperidine rings is 1. The topological polar surface area (TPSA) is 85.7 Å². The Morgan fingerprint density at radius 3 is 2.89 bits per heavy atom. The molecule has 2 heterocycles. The van der Waals surface area contributed by atoms with E-state index < -0.39 is 24.2 Å². The standard InChI is InChI=1S/C19H20F2N4O3/c1-12(26)23-9-15-10-25(19(27)28-15)14-2-3-18(16(20)8-14)24-7-5-13(4-6-22)17(21)11-24/h2-4,8,15,17H,5,7,9-11H2,1H3,(H,23,26)/t15-,17?/m0/s1. The van der Waals surface area contributed by atoms with Crippen molar-refractivity contribution in [3.05, 3.63) is 35.7 Å². The first kappa shape index (κ1) is 19.6. The number of benzene rings is 1. The quantitative estimate of drug-likeness (QED) is 0.798. The van der Waals surface area contributed by atoms with Crippen LogP contribution in [0.1, 0.15) is 13.3 Å². The van der Waals surface area contributed by atoms with E-state index in [1.165, 1.54) is 30.0 Å². The number of nitrogens with one attached hydrogen (secondary N) is 1. The lowest BCUT2D eigenvalue weighted by Crippen LogP contribution is -2.38. The Hall–Kier alpha value is -3.15. The van der Waals surface area contributed by atoms with Crippen LogP contribution in [0.3, 0.4) is 0 Å². The van der Waals surface area contributed by atoms with Crippen LogP contribution in [0.4, 0.5) is 25.0 Å². The van der Waals surface area contributed by atoms with E-state index in [0.717, 1.165) is 0 Å². The summed E-state index contributed by atoms with van der Waals surface area (Å²) >= 11 is 0. The number of allylic oxidation sites excluding steroid dienone is 1. The second kappa shape index (κ2) is 8.25. The number of carbonyl (C=O) groups is 2. The largest absolute Gasteiger partial charge is 0.442 e. The predicted octanol–water partition coefficient (Wildman–Crippen LogP) is 2.29. The molecule has 0 aliphatic carbocycles. The van der Waals surface area contributed by atoms with Crippen molar-refractivity contribution in [3.63, 3.8) is 0 Å². The molecule has 2 amide bonds. The second-order valence-electron chi connectivity index (χ2n) is 6.70. The van der Waals surface area contributed by atoms with Gasteiger partial charge in [-0.2, -0.15) is 5.26 Å². The third-order valence-corrected chi connectivity index (χ3v) is 4.74. The summed E-state index contributed by atoms with van der Waals surface area (Å²) in [5, 5.41) is 11.2. The van der Waals surface area contributed by atoms with E-state index in [4.69, 9.17) is 10.00 Å². The SMILES string of the molecule is CC(=O)NC[C@H]1CN(c2ccc(N3CCC(=CC#N)C(F)C3)c(F)c2)C(=O)O1. The number of nitriles is 1. The van der Waals surface area contributed by atoms with Crippen LogP contribution in [0.15, 0.2) is 29.8 Å². The molecule has 0 aromatic heterocycles. The molecule has 0 radical (unpaired) electrons. The molecule has 1 aromatic carbocycles. The molecule has 0 spiro atoms. The normalized spacial score (nSPS) is 23.5. The fourth-order valence-electron chi connectivity index (χ4n) is 3.30. The summed E-state index contributed by atoms with van der Waals surface area (Å²) in [5.74, 6) is -0.805. The minimum absolute atomic E-state index is 0.0334. The molecule has 2 saturated heterocycles. The van der Waals surface area contributed by atoms with Crippen molar-refractivity contribution >= 4 is 23.4 Å². The lowest BCUT2D eigenvalue weighted by molar-refractivity contribution is -0.119. The van der Waals surface area contributed by atoms with E-state index >= 15 is 0 Å². The number of nitrogens with zero attached hydrogens (tertiary/aromatic N) is 3. The smallest absolute Gasteiger partial charge is 0.414 e. The van der Waals surface area contributed by atoms with Crippen LogP contribution in [0, 0.1) is 17.1 Å². The van der Waals surface area contributed by atoms with Crippen molar-refractivity contribution < 1.29 is 23.1 Å². The summed E-state index contributed by atoms with van der Waals surface area (Å²) in [6, 6.07) is 6.12. The Kier molecular flexibility index (Phi) is 5.78. The van der Waals surface area contributed by atoms with E-state index in [0.29, 0.717) is 24.2 Å². The van der Waals surface area contributed by atoms with Crippen LogP contribution in [0.2, 0.25) is 0 Å². The molecule has 7 nitrogen and oxygen atoms in total. The minimum Gasteiger partial charge on any atom is -0.442 e. The molecule has 9 heteroatoms. The zero-order valence-electron chi connectivity index (χ0n) is 15.3. The lowest BCUT2D eigenvalue weighted by Gasteiger charge is -2.32. The Morgan fingerprint density at radius 1 is 1.46 bits per heavy atom. The highest BCUT2D eigenvalue weighted by molar-refractivity contribution is 5.90. The van der Waals surface area contributed by atoms with Crippen molar-refractivity contribution in [1.29, 1.82) is 5.26 Å². The number of anilines is 2. The Balaban J connectivity index is 1.69. The van der Waals surface area contributed by atoms with Crippen LogP contribution in [0.25, 0.3) is 0 Å². The van der Waals surface area contributed by atoms with Crippen molar-refractivity contribution in [2.45, 2.75) is 25.6 Å². The number of hydrogen-bond donors (Lipinski definition) is 1. The third kappa shape index (κ3) is 4.22. The third-order valence-electron chi connectivity index (χ3n) is 4.74. The number of rotatable bonds is 4. The van der Waals surface area contributed by atoms with Gasteiger partial charge in [0.1, 0.15) is 18.1 Å². The van der Waals surface area contributed by atoms with E-state index in [9.17, 15) is 18.4 Å². The number of carbonyl (C=O) groups excluding carboxylic acids is 2. The molecule has 2 atom stereocenters. The number of amides is 2. The Morgan fingerprint density at radius 2 is 2.25 bits per heavy atom. The number of alkyl halides is 1. The van der Waals surface area contributed by atoms with Crippen molar-refractivity contribution in [3.8, 4) is 6.07 Å². The van der Waals surface area contributed by atoms with Gasteiger partial charge < -0.3 is 15.0 Å². The first-order chi connectivity index (χ1) is 13.4. The summed E-state index contributed by atoms with van der Waals surface area (Å²) in [4.78, 5) is 25.9. The first-order valence-electron chi connectivity index (χ1n) is 8.88. The number of cyclic esters (lactones) is 1. The molecule has 3 rings (SSSR count). The molecule has 0 bridgehead atoms. The average Bonchev–Trinajstić information content (AvgIpc) is 3.02. The molecule has 1 aromatic rings. The van der Waals surface area contributed by atoms with E-state index in [1.54, 1.807) is 11.0 Å². The lowest BCUT2D eigenvalue weighted by atomic mass is 10.0. The Labute approximate surface area is 161 Å². The fourth-order valence-corrected chi connectivity index (χ4v) is 3.30. The zero-order valence-corrected chi connectivity index (χ0v) is 15.3. The highest BCUT2D eigenvalue weighted by atomic mass is 19.1. The van der Waals surface area contributed by atoms with Gasteiger partial charge in [-0.1, -0.05) is 0 Å². The summed E-state index contributed by atoms with van der Waals surface area (Å²) < 4.78 is 34.0. The van der Waals surface area contributed by atoms with Gasteiger partial charge in [0.2, 0.25) is 5.91 Å². The maximum Gasteiger partial charge on any atom is 0.414 e. The summed E-state index contributed by atoms with van der Waals surface area (Å²) in [6.07, 6.45) is -0.901. The molecule has 1 unspecified atom stereocenters. The minimum atomic E-state index is -1.32.